The zero-order valence-electron chi connectivity index (χ0n) is 14.7. The average molecular weight is 357 g/mol. The second-order valence-corrected chi connectivity index (χ2v) is 7.05. The van der Waals surface area contributed by atoms with Gasteiger partial charge in [-0.2, -0.15) is 0 Å². The number of carbonyl (C=O) groups is 1. The third kappa shape index (κ3) is 3.37. The van der Waals surface area contributed by atoms with E-state index >= 15 is 0 Å². The van der Waals surface area contributed by atoms with Crippen LogP contribution in [0.3, 0.4) is 0 Å². The molecule has 0 unspecified atom stereocenters. The van der Waals surface area contributed by atoms with Crippen LogP contribution in [0.5, 0.6) is 0 Å². The van der Waals surface area contributed by atoms with Gasteiger partial charge in [0.1, 0.15) is 17.8 Å². The molecule has 1 aromatic carbocycles. The Kier molecular flexibility index (Phi) is 4.77. The zero-order valence-corrected chi connectivity index (χ0v) is 15.5. The second-order valence-electron chi connectivity index (χ2n) is 6.62. The average Bonchev–Trinajstić information content (AvgIpc) is 2.96. The minimum absolute atomic E-state index is 0.0700. The molecule has 0 saturated heterocycles. The predicted molar refractivity (Wildman–Crippen MR) is 102 cm³/mol. The molecule has 3 aromatic rings. The maximum Gasteiger partial charge on any atom is 0.228 e. The van der Waals surface area contributed by atoms with Crippen molar-refractivity contribution in [3.63, 3.8) is 0 Å². The van der Waals surface area contributed by atoms with Crippen LogP contribution in [0.4, 0.5) is 5.82 Å². The summed E-state index contributed by atoms with van der Waals surface area (Å²) < 4.78 is 2.09. The first-order valence-electron chi connectivity index (χ1n) is 8.30. The summed E-state index contributed by atoms with van der Waals surface area (Å²) in [5.74, 6) is 0.337. The summed E-state index contributed by atoms with van der Waals surface area (Å²) in [5.41, 5.74) is 2.78. The van der Waals surface area contributed by atoms with Crippen molar-refractivity contribution in [3.05, 3.63) is 41.8 Å². The van der Waals surface area contributed by atoms with Crippen LogP contribution in [0.2, 0.25) is 5.02 Å². The van der Waals surface area contributed by atoms with E-state index in [1.165, 1.54) is 6.33 Å². The number of hydrogen-bond donors (Lipinski definition) is 1. The Balaban J connectivity index is 2.24. The van der Waals surface area contributed by atoms with Crippen molar-refractivity contribution in [2.45, 2.75) is 33.7 Å². The zero-order chi connectivity index (χ0) is 18.1. The lowest BCUT2D eigenvalue weighted by molar-refractivity contribution is -0.118. The largest absolute Gasteiger partial charge is 0.329 e. The molecule has 0 saturated carbocycles. The number of halogens is 1. The van der Waals surface area contributed by atoms with Crippen LogP contribution in [0.1, 0.15) is 33.7 Å². The number of hydrogen-bond acceptors (Lipinski definition) is 3. The van der Waals surface area contributed by atoms with E-state index < -0.39 is 0 Å². The van der Waals surface area contributed by atoms with Gasteiger partial charge in [-0.1, -0.05) is 37.6 Å². The van der Waals surface area contributed by atoms with E-state index in [4.69, 9.17) is 11.6 Å². The quantitative estimate of drug-likeness (QED) is 0.721. The van der Waals surface area contributed by atoms with Crippen LogP contribution < -0.4 is 5.32 Å². The number of nitrogens with zero attached hydrogens (tertiary/aromatic N) is 3. The normalized spacial score (nSPS) is 11.5. The number of carbonyl (C=O) groups excluding carboxylic acids is 1. The fourth-order valence-corrected chi connectivity index (χ4v) is 2.81. The molecule has 6 heteroatoms. The molecule has 2 heterocycles. The van der Waals surface area contributed by atoms with E-state index in [1.807, 2.05) is 38.1 Å². The van der Waals surface area contributed by atoms with Crippen molar-refractivity contribution < 1.29 is 4.79 Å². The van der Waals surface area contributed by atoms with Crippen molar-refractivity contribution in [2.24, 2.45) is 5.92 Å². The number of amides is 1. The Bertz CT molecular complexity index is 913. The Morgan fingerprint density at radius 1 is 1.12 bits per heavy atom. The summed E-state index contributed by atoms with van der Waals surface area (Å²) in [4.78, 5) is 21.0. The fraction of sp³-hybridized carbons (Fsp3) is 0.316. The number of aromatic nitrogens is 3. The minimum Gasteiger partial charge on any atom is -0.329 e. The van der Waals surface area contributed by atoms with Crippen LogP contribution in [-0.2, 0) is 4.79 Å². The summed E-state index contributed by atoms with van der Waals surface area (Å²) in [6, 6.07) is 7.86. The van der Waals surface area contributed by atoms with Gasteiger partial charge in [0.15, 0.2) is 0 Å². The smallest absolute Gasteiger partial charge is 0.228 e. The Labute approximate surface area is 152 Å². The van der Waals surface area contributed by atoms with Gasteiger partial charge in [-0.05, 0) is 31.5 Å². The van der Waals surface area contributed by atoms with Gasteiger partial charge in [0.2, 0.25) is 5.91 Å². The summed E-state index contributed by atoms with van der Waals surface area (Å²) in [7, 11) is 0. The van der Waals surface area contributed by atoms with Gasteiger partial charge in [-0.3, -0.25) is 4.79 Å². The lowest BCUT2D eigenvalue weighted by Crippen LogP contribution is -2.18. The Morgan fingerprint density at radius 3 is 2.40 bits per heavy atom. The number of anilines is 1. The first-order chi connectivity index (χ1) is 11.9. The first kappa shape index (κ1) is 17.4. The highest BCUT2D eigenvalue weighted by molar-refractivity contribution is 6.30. The molecule has 0 aliphatic carbocycles. The maximum atomic E-state index is 12.2. The van der Waals surface area contributed by atoms with E-state index in [1.54, 1.807) is 0 Å². The second kappa shape index (κ2) is 6.84. The van der Waals surface area contributed by atoms with E-state index in [-0.39, 0.29) is 17.9 Å². The molecule has 0 bridgehead atoms. The lowest BCUT2D eigenvalue weighted by Gasteiger charge is -2.10. The minimum atomic E-state index is -0.129. The molecule has 1 amide bonds. The highest BCUT2D eigenvalue weighted by Gasteiger charge is 2.19. The molecule has 1 N–H and O–H groups in total. The fourth-order valence-electron chi connectivity index (χ4n) is 2.68. The molecule has 130 valence electrons. The monoisotopic (exact) mass is 356 g/mol. The Hall–Kier alpha value is -2.40. The standard InChI is InChI=1S/C19H21ClN4O/c1-11(2)19(25)23-17-16-15(13-5-7-14(20)8-6-13)9-24(12(3)4)18(16)22-10-21-17/h5-12H,1-4H3,(H,21,22,23,25). The molecule has 0 radical (unpaired) electrons. The van der Waals surface area contributed by atoms with Gasteiger partial charge in [-0.25, -0.2) is 9.97 Å². The molecule has 0 fully saturated rings. The molecular weight excluding hydrogens is 336 g/mol. The van der Waals surface area contributed by atoms with Gasteiger partial charge < -0.3 is 9.88 Å². The van der Waals surface area contributed by atoms with Gasteiger partial charge in [0.05, 0.1) is 5.39 Å². The molecule has 5 nitrogen and oxygen atoms in total. The van der Waals surface area contributed by atoms with E-state index in [0.717, 1.165) is 22.2 Å². The number of benzene rings is 1. The van der Waals surface area contributed by atoms with Crippen molar-refractivity contribution in [1.29, 1.82) is 0 Å². The maximum absolute atomic E-state index is 12.2. The van der Waals surface area contributed by atoms with Crippen molar-refractivity contribution in [2.75, 3.05) is 5.32 Å². The van der Waals surface area contributed by atoms with Gasteiger partial charge in [0.25, 0.3) is 0 Å². The van der Waals surface area contributed by atoms with Crippen LogP contribution in [0.25, 0.3) is 22.2 Å². The molecule has 25 heavy (non-hydrogen) atoms. The highest BCUT2D eigenvalue weighted by Crippen LogP contribution is 2.35. The van der Waals surface area contributed by atoms with Gasteiger partial charge in [-0.15, -0.1) is 0 Å². The molecule has 2 aromatic heterocycles. The van der Waals surface area contributed by atoms with E-state index in [9.17, 15) is 4.79 Å². The highest BCUT2D eigenvalue weighted by atomic mass is 35.5. The van der Waals surface area contributed by atoms with Crippen LogP contribution in [0.15, 0.2) is 36.8 Å². The molecule has 3 rings (SSSR count). The van der Waals surface area contributed by atoms with Crippen LogP contribution in [-0.4, -0.2) is 20.4 Å². The van der Waals surface area contributed by atoms with Crippen molar-refractivity contribution in [1.82, 2.24) is 14.5 Å². The molecule has 0 aliphatic heterocycles. The predicted octanol–water partition coefficient (Wildman–Crippen LogP) is 4.93. The molecule has 0 aliphatic rings. The number of fused-ring (bicyclic) bond motifs is 1. The number of nitrogens with one attached hydrogen (secondary N) is 1. The topological polar surface area (TPSA) is 59.8 Å². The molecule has 0 atom stereocenters. The van der Waals surface area contributed by atoms with E-state index in [0.29, 0.717) is 10.8 Å². The SMILES string of the molecule is CC(C)C(=O)Nc1ncnc2c1c(-c1ccc(Cl)cc1)cn2C(C)C. The molecular formula is C19H21ClN4O. The first-order valence-corrected chi connectivity index (χ1v) is 8.68. The third-order valence-corrected chi connectivity index (χ3v) is 4.34. The lowest BCUT2D eigenvalue weighted by atomic mass is 10.1. The van der Waals surface area contributed by atoms with Crippen LogP contribution >= 0.6 is 11.6 Å². The van der Waals surface area contributed by atoms with Gasteiger partial charge >= 0.3 is 0 Å². The van der Waals surface area contributed by atoms with E-state index in [2.05, 4.69) is 39.9 Å². The Morgan fingerprint density at radius 2 is 1.80 bits per heavy atom. The molecule has 0 spiro atoms. The van der Waals surface area contributed by atoms with Gasteiger partial charge in [0, 0.05) is 28.7 Å². The van der Waals surface area contributed by atoms with Crippen LogP contribution in [0, 0.1) is 5.92 Å². The third-order valence-electron chi connectivity index (χ3n) is 4.09. The summed E-state index contributed by atoms with van der Waals surface area (Å²) in [6.07, 6.45) is 3.54. The summed E-state index contributed by atoms with van der Waals surface area (Å²) >= 11 is 6.02. The van der Waals surface area contributed by atoms with Crippen molar-refractivity contribution >= 4 is 34.4 Å². The van der Waals surface area contributed by atoms with Crippen molar-refractivity contribution in [3.8, 4) is 11.1 Å². The summed E-state index contributed by atoms with van der Waals surface area (Å²) in [6.45, 7) is 7.90. The number of rotatable bonds is 4. The summed E-state index contributed by atoms with van der Waals surface area (Å²) in [5, 5.41) is 4.45.